The standard InChI is InChI=1S/C18H19NO4Se/c1-10-6-15(24-9-10)16-11(2)18(20)19(16)12-7-13(21-3)17(23-5)14(8-12)22-4/h6-9,16H,2H2,1,3-5H3. The zero-order valence-electron chi connectivity index (χ0n) is 14.1. The second kappa shape index (κ2) is 6.38. The number of methoxy groups -OCH3 is 3. The zero-order valence-corrected chi connectivity index (χ0v) is 15.8. The van der Waals surface area contributed by atoms with E-state index in [-0.39, 0.29) is 26.5 Å². The zero-order chi connectivity index (χ0) is 17.4. The Balaban J connectivity index is 2.06. The van der Waals surface area contributed by atoms with Crippen LogP contribution in [0.25, 0.3) is 0 Å². The van der Waals surface area contributed by atoms with E-state index < -0.39 is 0 Å². The van der Waals surface area contributed by atoms with Gasteiger partial charge in [0.15, 0.2) is 0 Å². The topological polar surface area (TPSA) is 48.0 Å². The van der Waals surface area contributed by atoms with E-state index in [4.69, 9.17) is 14.2 Å². The second-order valence-electron chi connectivity index (χ2n) is 5.51. The van der Waals surface area contributed by atoms with Gasteiger partial charge in [-0.2, -0.15) is 0 Å². The molecule has 3 rings (SSSR count). The van der Waals surface area contributed by atoms with Crippen LogP contribution in [0.5, 0.6) is 17.2 Å². The van der Waals surface area contributed by atoms with Gasteiger partial charge in [-0.25, -0.2) is 0 Å². The van der Waals surface area contributed by atoms with E-state index in [1.807, 2.05) is 0 Å². The van der Waals surface area contributed by atoms with Crippen LogP contribution >= 0.6 is 0 Å². The maximum absolute atomic E-state index is 12.4. The third-order valence-corrected chi connectivity index (χ3v) is 6.34. The molecule has 1 aromatic carbocycles. The molecule has 5 nitrogen and oxygen atoms in total. The van der Waals surface area contributed by atoms with Crippen molar-refractivity contribution in [2.45, 2.75) is 13.0 Å². The van der Waals surface area contributed by atoms with Gasteiger partial charge in [0, 0.05) is 0 Å². The molecule has 0 radical (unpaired) electrons. The van der Waals surface area contributed by atoms with Crippen LogP contribution in [-0.4, -0.2) is 41.7 Å². The molecule has 0 bridgehead atoms. The molecule has 1 atom stereocenters. The summed E-state index contributed by atoms with van der Waals surface area (Å²) in [4.78, 5) is 16.4. The fourth-order valence-corrected chi connectivity index (χ4v) is 4.99. The average molecular weight is 392 g/mol. The number of ether oxygens (including phenoxy) is 3. The van der Waals surface area contributed by atoms with E-state index >= 15 is 0 Å². The number of benzene rings is 1. The minimum atomic E-state index is -0.0889. The predicted octanol–water partition coefficient (Wildman–Crippen LogP) is 2.72. The molecule has 126 valence electrons. The fourth-order valence-electron chi connectivity index (χ4n) is 2.85. The third kappa shape index (κ3) is 2.52. The molecular formula is C18H19NO4Se. The molecule has 0 aliphatic carbocycles. The summed E-state index contributed by atoms with van der Waals surface area (Å²) in [6.45, 7) is 6.03. The molecular weight excluding hydrogens is 373 g/mol. The van der Waals surface area contributed by atoms with Crippen LogP contribution < -0.4 is 19.1 Å². The van der Waals surface area contributed by atoms with Crippen molar-refractivity contribution >= 4 is 26.1 Å². The van der Waals surface area contributed by atoms with Gasteiger partial charge in [0.1, 0.15) is 0 Å². The number of β-lactam (4-membered cyclic amide) rings is 1. The predicted molar refractivity (Wildman–Crippen MR) is 93.6 cm³/mol. The first-order valence-corrected chi connectivity index (χ1v) is 9.23. The quantitative estimate of drug-likeness (QED) is 0.446. The third-order valence-electron chi connectivity index (χ3n) is 4.03. The molecule has 1 aliphatic rings. The number of anilines is 1. The van der Waals surface area contributed by atoms with E-state index in [9.17, 15) is 4.79 Å². The van der Waals surface area contributed by atoms with E-state index in [2.05, 4.69) is 24.5 Å². The summed E-state index contributed by atoms with van der Waals surface area (Å²) < 4.78 is 17.4. The summed E-state index contributed by atoms with van der Waals surface area (Å²) in [6.07, 6.45) is 0. The van der Waals surface area contributed by atoms with Gasteiger partial charge in [-0.3, -0.25) is 0 Å². The van der Waals surface area contributed by atoms with Crippen molar-refractivity contribution < 1.29 is 19.0 Å². The van der Waals surface area contributed by atoms with Gasteiger partial charge in [0.2, 0.25) is 0 Å². The van der Waals surface area contributed by atoms with E-state index in [1.165, 1.54) is 10.0 Å². The molecule has 0 saturated carbocycles. The normalized spacial score (nSPS) is 16.8. The Morgan fingerprint density at radius 2 is 1.71 bits per heavy atom. The van der Waals surface area contributed by atoms with Crippen LogP contribution in [0.2, 0.25) is 0 Å². The van der Waals surface area contributed by atoms with Gasteiger partial charge in [-0.05, 0) is 0 Å². The number of hydrogen-bond acceptors (Lipinski definition) is 4. The Kier molecular flexibility index (Phi) is 4.43. The number of aryl methyl sites for hydroxylation is 1. The number of nitrogens with zero attached hydrogens (tertiary/aromatic N) is 1. The van der Waals surface area contributed by atoms with Gasteiger partial charge in [0.25, 0.3) is 0 Å². The first-order valence-electron chi connectivity index (χ1n) is 7.39. The van der Waals surface area contributed by atoms with Gasteiger partial charge < -0.3 is 0 Å². The second-order valence-corrected chi connectivity index (χ2v) is 7.49. The Morgan fingerprint density at radius 3 is 2.17 bits per heavy atom. The van der Waals surface area contributed by atoms with E-state index in [0.717, 1.165) is 0 Å². The van der Waals surface area contributed by atoms with Crippen molar-refractivity contribution in [2.75, 3.05) is 26.2 Å². The fraction of sp³-hybridized carbons (Fsp3) is 0.278. The van der Waals surface area contributed by atoms with E-state index in [0.29, 0.717) is 28.5 Å². The summed E-state index contributed by atoms with van der Waals surface area (Å²) in [5.41, 5.74) is 2.58. The molecule has 0 N–H and O–H groups in total. The van der Waals surface area contributed by atoms with Crippen LogP contribution in [0.15, 0.2) is 35.3 Å². The maximum atomic E-state index is 12.4. The molecule has 2 aromatic rings. The first-order chi connectivity index (χ1) is 11.5. The molecule has 1 aromatic heterocycles. The van der Waals surface area contributed by atoms with E-state index in [1.54, 1.807) is 38.4 Å². The summed E-state index contributed by atoms with van der Waals surface area (Å²) in [7, 11) is 4.68. The van der Waals surface area contributed by atoms with Crippen molar-refractivity contribution in [1.82, 2.24) is 0 Å². The van der Waals surface area contributed by atoms with Crippen LogP contribution in [-0.2, 0) is 4.79 Å². The molecule has 6 heteroatoms. The summed E-state index contributed by atoms with van der Waals surface area (Å²) in [6, 6.07) is 5.64. The van der Waals surface area contributed by atoms with Crippen LogP contribution in [0.1, 0.15) is 16.0 Å². The molecule has 24 heavy (non-hydrogen) atoms. The van der Waals surface area contributed by atoms with Crippen molar-refractivity contribution in [1.29, 1.82) is 0 Å². The molecule has 1 unspecified atom stereocenters. The number of hydrogen-bond donors (Lipinski definition) is 0. The van der Waals surface area contributed by atoms with Crippen molar-refractivity contribution in [3.05, 3.63) is 45.3 Å². The summed E-state index contributed by atoms with van der Waals surface area (Å²) >= 11 is 0.247. The Morgan fingerprint density at radius 1 is 1.08 bits per heavy atom. The number of carbonyl (C=O) groups is 1. The van der Waals surface area contributed by atoms with Gasteiger partial charge in [-0.15, -0.1) is 0 Å². The molecule has 1 fully saturated rings. The van der Waals surface area contributed by atoms with Crippen LogP contribution in [0.4, 0.5) is 5.69 Å². The molecule has 1 saturated heterocycles. The van der Waals surface area contributed by atoms with Gasteiger partial charge in [-0.1, -0.05) is 0 Å². The molecule has 2 heterocycles. The van der Waals surface area contributed by atoms with Crippen molar-refractivity contribution in [2.24, 2.45) is 0 Å². The van der Waals surface area contributed by atoms with Crippen LogP contribution in [0, 0.1) is 6.92 Å². The first kappa shape index (κ1) is 16.7. The average Bonchev–Trinajstić information content (AvgIpc) is 3.02. The minimum absolute atomic E-state index is 0.0736. The Labute approximate surface area is 147 Å². The molecule has 1 aliphatic heterocycles. The summed E-state index contributed by atoms with van der Waals surface area (Å²) in [5, 5.41) is 0. The molecule has 0 spiro atoms. The van der Waals surface area contributed by atoms with Gasteiger partial charge in [0.05, 0.1) is 0 Å². The number of rotatable bonds is 5. The Hall–Kier alpha value is -2.17. The molecule has 1 amide bonds. The number of amides is 1. The SMILES string of the molecule is C=C1C(=O)N(c2cc(OC)c(OC)c(OC)c2)C1c1cc(C)c[se]1. The van der Waals surface area contributed by atoms with Gasteiger partial charge >= 0.3 is 147 Å². The summed E-state index contributed by atoms with van der Waals surface area (Å²) in [5.74, 6) is 1.48. The van der Waals surface area contributed by atoms with Crippen molar-refractivity contribution in [3.63, 3.8) is 0 Å². The van der Waals surface area contributed by atoms with Crippen LogP contribution in [0.3, 0.4) is 0 Å². The monoisotopic (exact) mass is 393 g/mol. The van der Waals surface area contributed by atoms with Crippen molar-refractivity contribution in [3.8, 4) is 17.2 Å². The Bertz CT molecular complexity index is 786. The number of carbonyl (C=O) groups excluding carboxylic acids is 1.